The number of Topliss-reactive ketones (excluding diaryl/α,β-unsaturated/α-hetero) is 1. The Labute approximate surface area is 200 Å². The SMILES string of the molecule is CCCCCOC(=O)c1ccc(N2C[C@@H](C(=O)OCC(=O)c3ccc(C)c(C)c3)CC2=O)cc1. The lowest BCUT2D eigenvalue weighted by Gasteiger charge is -2.17. The van der Waals surface area contributed by atoms with Gasteiger partial charge in [0.15, 0.2) is 12.4 Å². The molecule has 7 nitrogen and oxygen atoms in total. The fourth-order valence-electron chi connectivity index (χ4n) is 3.75. The number of ether oxygens (including phenoxy) is 2. The summed E-state index contributed by atoms with van der Waals surface area (Å²) in [5, 5.41) is 0. The molecule has 1 aliphatic rings. The number of rotatable bonds is 10. The number of hydrogen-bond acceptors (Lipinski definition) is 6. The van der Waals surface area contributed by atoms with Crippen LogP contribution in [-0.2, 0) is 19.1 Å². The molecule has 7 heteroatoms. The highest BCUT2D eigenvalue weighted by Gasteiger charge is 2.36. The van der Waals surface area contributed by atoms with Crippen LogP contribution in [0.2, 0.25) is 0 Å². The zero-order chi connectivity index (χ0) is 24.7. The van der Waals surface area contributed by atoms with E-state index in [1.54, 1.807) is 36.4 Å². The van der Waals surface area contributed by atoms with Crippen molar-refractivity contribution in [2.45, 2.75) is 46.5 Å². The Balaban J connectivity index is 1.52. The Morgan fingerprint density at radius 3 is 2.32 bits per heavy atom. The Morgan fingerprint density at radius 2 is 1.65 bits per heavy atom. The number of aryl methyl sites for hydroxylation is 2. The first-order valence-corrected chi connectivity index (χ1v) is 11.6. The molecule has 1 fully saturated rings. The molecule has 0 saturated carbocycles. The van der Waals surface area contributed by atoms with Crippen LogP contribution in [0.5, 0.6) is 0 Å². The first-order valence-electron chi connectivity index (χ1n) is 11.6. The van der Waals surface area contributed by atoms with Crippen LogP contribution in [0.3, 0.4) is 0 Å². The van der Waals surface area contributed by atoms with E-state index < -0.39 is 17.9 Å². The largest absolute Gasteiger partial charge is 0.462 e. The minimum atomic E-state index is -0.650. The van der Waals surface area contributed by atoms with Crippen molar-refractivity contribution in [2.24, 2.45) is 5.92 Å². The van der Waals surface area contributed by atoms with Gasteiger partial charge >= 0.3 is 11.9 Å². The Bertz CT molecular complexity index is 1060. The first-order chi connectivity index (χ1) is 16.3. The molecular weight excluding hydrogens is 434 g/mol. The van der Waals surface area contributed by atoms with E-state index in [0.29, 0.717) is 23.4 Å². The molecule has 180 valence electrons. The fourth-order valence-corrected chi connectivity index (χ4v) is 3.75. The van der Waals surface area contributed by atoms with E-state index in [-0.39, 0.29) is 31.3 Å². The zero-order valence-electron chi connectivity index (χ0n) is 20.0. The number of benzene rings is 2. The quantitative estimate of drug-likeness (QED) is 0.293. The number of carbonyl (C=O) groups is 4. The van der Waals surface area contributed by atoms with Crippen LogP contribution < -0.4 is 4.90 Å². The van der Waals surface area contributed by atoms with Crippen LogP contribution in [0.15, 0.2) is 42.5 Å². The van der Waals surface area contributed by atoms with Gasteiger partial charge < -0.3 is 14.4 Å². The van der Waals surface area contributed by atoms with Gasteiger partial charge in [-0.15, -0.1) is 0 Å². The predicted octanol–water partition coefficient (Wildman–Crippen LogP) is 4.43. The smallest absolute Gasteiger partial charge is 0.338 e. The Hall–Kier alpha value is -3.48. The second-order valence-electron chi connectivity index (χ2n) is 8.63. The number of nitrogens with zero attached hydrogens (tertiary/aromatic N) is 1. The average molecular weight is 466 g/mol. The van der Waals surface area contributed by atoms with Crippen LogP contribution >= 0.6 is 0 Å². The minimum absolute atomic E-state index is 0.0118. The number of unbranched alkanes of at least 4 members (excludes halogenated alkanes) is 2. The summed E-state index contributed by atoms with van der Waals surface area (Å²) in [5.74, 6) is -2.11. The van der Waals surface area contributed by atoms with Crippen molar-refractivity contribution < 1.29 is 28.7 Å². The van der Waals surface area contributed by atoms with Gasteiger partial charge in [-0.05, 0) is 61.7 Å². The minimum Gasteiger partial charge on any atom is -0.462 e. The van der Waals surface area contributed by atoms with Crippen molar-refractivity contribution >= 4 is 29.3 Å². The maximum absolute atomic E-state index is 12.5. The third kappa shape index (κ3) is 6.31. The Kier molecular flexibility index (Phi) is 8.57. The summed E-state index contributed by atoms with van der Waals surface area (Å²) < 4.78 is 10.5. The van der Waals surface area contributed by atoms with E-state index in [2.05, 4.69) is 6.92 Å². The van der Waals surface area contributed by atoms with E-state index >= 15 is 0 Å². The lowest BCUT2D eigenvalue weighted by molar-refractivity contribution is -0.147. The molecule has 1 heterocycles. The second-order valence-corrected chi connectivity index (χ2v) is 8.63. The molecular formula is C27H31NO6. The number of hydrogen-bond donors (Lipinski definition) is 0. The summed E-state index contributed by atoms with van der Waals surface area (Å²) in [4.78, 5) is 51.0. The average Bonchev–Trinajstić information content (AvgIpc) is 3.23. The van der Waals surface area contributed by atoms with E-state index in [9.17, 15) is 19.2 Å². The lowest BCUT2D eigenvalue weighted by Crippen LogP contribution is -2.27. The monoisotopic (exact) mass is 465 g/mol. The van der Waals surface area contributed by atoms with E-state index in [0.717, 1.165) is 30.4 Å². The van der Waals surface area contributed by atoms with Crippen LogP contribution in [0.1, 0.15) is 64.4 Å². The summed E-state index contributed by atoms with van der Waals surface area (Å²) in [7, 11) is 0. The third-order valence-electron chi connectivity index (χ3n) is 6.03. The third-order valence-corrected chi connectivity index (χ3v) is 6.03. The molecule has 0 aliphatic carbocycles. The summed E-state index contributed by atoms with van der Waals surface area (Å²) in [6, 6.07) is 11.9. The highest BCUT2D eigenvalue weighted by molar-refractivity contribution is 6.01. The van der Waals surface area contributed by atoms with Gasteiger partial charge in [0.2, 0.25) is 5.91 Å². The van der Waals surface area contributed by atoms with Crippen molar-refractivity contribution in [1.29, 1.82) is 0 Å². The summed E-state index contributed by atoms with van der Waals surface area (Å²) in [6.45, 7) is 6.14. The molecule has 1 atom stereocenters. The van der Waals surface area contributed by atoms with Crippen molar-refractivity contribution in [3.63, 3.8) is 0 Å². The van der Waals surface area contributed by atoms with Gasteiger partial charge in [0.1, 0.15) is 0 Å². The highest BCUT2D eigenvalue weighted by atomic mass is 16.5. The van der Waals surface area contributed by atoms with Gasteiger partial charge in [-0.2, -0.15) is 0 Å². The van der Waals surface area contributed by atoms with E-state index in [1.807, 2.05) is 19.9 Å². The maximum Gasteiger partial charge on any atom is 0.338 e. The van der Waals surface area contributed by atoms with Crippen LogP contribution in [0.4, 0.5) is 5.69 Å². The molecule has 3 rings (SSSR count). The number of ketones is 1. The fraction of sp³-hybridized carbons (Fsp3) is 0.407. The molecule has 0 N–H and O–H groups in total. The van der Waals surface area contributed by atoms with E-state index in [4.69, 9.17) is 9.47 Å². The van der Waals surface area contributed by atoms with Crippen molar-refractivity contribution in [3.05, 3.63) is 64.7 Å². The number of carbonyl (C=O) groups excluding carboxylic acids is 4. The van der Waals surface area contributed by atoms with Crippen molar-refractivity contribution in [1.82, 2.24) is 0 Å². The summed E-state index contributed by atoms with van der Waals surface area (Å²) in [6.07, 6.45) is 2.90. The van der Waals surface area contributed by atoms with Crippen LogP contribution in [0, 0.1) is 19.8 Å². The standard InChI is InChI=1S/C27H31NO6/c1-4-5-6-13-33-26(31)20-9-11-23(12-10-20)28-16-22(15-25(28)30)27(32)34-17-24(29)21-8-7-18(2)19(3)14-21/h7-12,14,22H,4-6,13,15-17H2,1-3H3/t22-/m0/s1. The van der Waals surface area contributed by atoms with Gasteiger partial charge in [0.05, 0.1) is 18.1 Å². The highest BCUT2D eigenvalue weighted by Crippen LogP contribution is 2.26. The van der Waals surface area contributed by atoms with Crippen LogP contribution in [-0.4, -0.2) is 43.4 Å². The van der Waals surface area contributed by atoms with Crippen LogP contribution in [0.25, 0.3) is 0 Å². The lowest BCUT2D eigenvalue weighted by atomic mass is 10.0. The normalized spacial score (nSPS) is 15.3. The molecule has 0 aromatic heterocycles. The van der Waals surface area contributed by atoms with Gasteiger partial charge in [-0.3, -0.25) is 14.4 Å². The molecule has 2 aromatic rings. The summed E-state index contributed by atoms with van der Waals surface area (Å²) in [5.41, 5.74) is 3.56. The number of amides is 1. The molecule has 1 aliphatic heterocycles. The van der Waals surface area contributed by atoms with Crippen molar-refractivity contribution in [3.8, 4) is 0 Å². The van der Waals surface area contributed by atoms with Gasteiger partial charge in [0.25, 0.3) is 0 Å². The topological polar surface area (TPSA) is 90.0 Å². The van der Waals surface area contributed by atoms with Gasteiger partial charge in [0, 0.05) is 24.2 Å². The second kappa shape index (κ2) is 11.6. The van der Waals surface area contributed by atoms with Gasteiger partial charge in [-0.25, -0.2) is 4.79 Å². The molecule has 2 aromatic carbocycles. The molecule has 0 spiro atoms. The molecule has 0 bridgehead atoms. The molecule has 34 heavy (non-hydrogen) atoms. The maximum atomic E-state index is 12.5. The van der Waals surface area contributed by atoms with Gasteiger partial charge in [-0.1, -0.05) is 31.9 Å². The predicted molar refractivity (Wildman–Crippen MR) is 128 cm³/mol. The molecule has 0 radical (unpaired) electrons. The van der Waals surface area contributed by atoms with E-state index in [1.165, 1.54) is 4.90 Å². The molecule has 1 saturated heterocycles. The molecule has 0 unspecified atom stereocenters. The first kappa shape index (κ1) is 25.1. The number of esters is 2. The zero-order valence-corrected chi connectivity index (χ0v) is 20.0. The van der Waals surface area contributed by atoms with Crippen molar-refractivity contribution in [2.75, 3.05) is 24.7 Å². The Morgan fingerprint density at radius 1 is 0.941 bits per heavy atom. The molecule has 1 amide bonds. The number of anilines is 1. The summed E-state index contributed by atoms with van der Waals surface area (Å²) >= 11 is 0.